The van der Waals surface area contributed by atoms with Crippen LogP contribution >= 0.6 is 23.2 Å². The van der Waals surface area contributed by atoms with Gasteiger partial charge in [-0.2, -0.15) is 0 Å². The average Bonchev–Trinajstić information content (AvgIpc) is 2.96. The van der Waals surface area contributed by atoms with Gasteiger partial charge in [0.2, 0.25) is 5.91 Å². The number of amides is 2. The van der Waals surface area contributed by atoms with Gasteiger partial charge in [-0.3, -0.25) is 14.5 Å². The molecule has 2 saturated heterocycles. The Labute approximate surface area is 252 Å². The molecule has 41 heavy (non-hydrogen) atoms. The maximum Gasteiger partial charge on any atom is 0.259 e. The normalized spacial score (nSPS) is 19.9. The molecule has 2 unspecified atom stereocenters. The van der Waals surface area contributed by atoms with Gasteiger partial charge in [0.05, 0.1) is 10.0 Å². The molecule has 0 radical (unpaired) electrons. The van der Waals surface area contributed by atoms with Crippen molar-refractivity contribution < 1.29 is 18.4 Å². The Balaban J connectivity index is 1.59. The van der Waals surface area contributed by atoms with E-state index in [-0.39, 0.29) is 24.4 Å². The molecule has 2 fully saturated rings. The van der Waals surface area contributed by atoms with Crippen LogP contribution in [0.3, 0.4) is 0 Å². The zero-order chi connectivity index (χ0) is 29.7. The van der Waals surface area contributed by atoms with E-state index in [1.807, 2.05) is 20.2 Å². The summed E-state index contributed by atoms with van der Waals surface area (Å²) in [6.45, 7) is 2.71. The molecule has 0 aliphatic carbocycles. The Bertz CT molecular complexity index is 1220. The topological polar surface area (TPSA) is 55.9 Å². The van der Waals surface area contributed by atoms with Crippen molar-refractivity contribution in [3.8, 4) is 0 Å². The van der Waals surface area contributed by atoms with E-state index in [0.717, 1.165) is 75.9 Å². The molecule has 2 aliphatic rings. The summed E-state index contributed by atoms with van der Waals surface area (Å²) in [6, 6.07) is 9.04. The highest BCUT2D eigenvalue weighted by Crippen LogP contribution is 2.38. The summed E-state index contributed by atoms with van der Waals surface area (Å²) < 4.78 is 28.9. The van der Waals surface area contributed by atoms with Gasteiger partial charge >= 0.3 is 0 Å². The highest BCUT2D eigenvalue weighted by Gasteiger charge is 2.48. The number of carbonyl (C=O) groups is 2. The Morgan fingerprint density at radius 3 is 2.37 bits per heavy atom. The molecule has 0 spiro atoms. The van der Waals surface area contributed by atoms with Crippen LogP contribution in [0, 0.1) is 11.6 Å². The van der Waals surface area contributed by atoms with E-state index in [9.17, 15) is 18.4 Å². The molecule has 2 heterocycles. The zero-order valence-electron chi connectivity index (χ0n) is 24.1. The molecule has 0 aromatic heterocycles. The minimum absolute atomic E-state index is 0.157. The van der Waals surface area contributed by atoms with Crippen LogP contribution in [0.1, 0.15) is 66.8 Å². The Hall–Kier alpha value is -2.26. The fourth-order valence-corrected chi connectivity index (χ4v) is 6.88. The number of nitrogens with one attached hydrogen (secondary N) is 1. The first kappa shape index (κ1) is 31.7. The number of hydrogen-bond acceptors (Lipinski definition) is 4. The van der Waals surface area contributed by atoms with Gasteiger partial charge in [-0.05, 0) is 88.0 Å². The van der Waals surface area contributed by atoms with Crippen molar-refractivity contribution in [2.24, 2.45) is 0 Å². The summed E-state index contributed by atoms with van der Waals surface area (Å²) in [5.74, 6) is -2.49. The molecular weight excluding hydrogens is 569 g/mol. The molecule has 224 valence electrons. The lowest BCUT2D eigenvalue weighted by Crippen LogP contribution is -2.66. The monoisotopic (exact) mass is 608 g/mol. The minimum atomic E-state index is -0.886. The third-order valence-corrected chi connectivity index (χ3v) is 9.43. The average molecular weight is 610 g/mol. The van der Waals surface area contributed by atoms with E-state index in [1.54, 1.807) is 24.1 Å². The van der Waals surface area contributed by atoms with Gasteiger partial charge in [-0.1, -0.05) is 41.8 Å². The summed E-state index contributed by atoms with van der Waals surface area (Å²) >= 11 is 12.6. The Morgan fingerprint density at radius 2 is 1.73 bits per heavy atom. The molecule has 0 saturated carbocycles. The van der Waals surface area contributed by atoms with Crippen molar-refractivity contribution in [1.82, 2.24) is 20.0 Å². The van der Waals surface area contributed by atoms with E-state index in [1.165, 1.54) is 11.0 Å². The summed E-state index contributed by atoms with van der Waals surface area (Å²) in [5, 5.41) is 4.25. The number of piperidine rings is 2. The van der Waals surface area contributed by atoms with Gasteiger partial charge in [0.15, 0.2) is 0 Å². The number of benzene rings is 2. The zero-order valence-corrected chi connectivity index (χ0v) is 25.6. The second-order valence-corrected chi connectivity index (χ2v) is 12.4. The molecular formula is C31H40Cl2F2N4O2. The lowest BCUT2D eigenvalue weighted by atomic mass is 9.80. The maximum absolute atomic E-state index is 14.4. The van der Waals surface area contributed by atoms with Gasteiger partial charge in [-0.25, -0.2) is 8.78 Å². The molecule has 2 aromatic carbocycles. The lowest BCUT2D eigenvalue weighted by Gasteiger charge is -2.51. The summed E-state index contributed by atoms with van der Waals surface area (Å²) in [4.78, 5) is 32.3. The molecule has 0 bridgehead atoms. The highest BCUT2D eigenvalue weighted by atomic mass is 35.5. The molecule has 2 aromatic rings. The lowest BCUT2D eigenvalue weighted by molar-refractivity contribution is -0.148. The Kier molecular flexibility index (Phi) is 10.7. The first-order chi connectivity index (χ1) is 19.5. The fraction of sp³-hybridized carbons (Fsp3) is 0.548. The van der Waals surface area contributed by atoms with Crippen molar-refractivity contribution >= 4 is 35.0 Å². The van der Waals surface area contributed by atoms with Crippen molar-refractivity contribution in [2.45, 2.75) is 62.4 Å². The third kappa shape index (κ3) is 7.04. The fourth-order valence-electron chi connectivity index (χ4n) is 6.57. The van der Waals surface area contributed by atoms with Crippen molar-refractivity contribution in [2.75, 3.05) is 47.3 Å². The minimum Gasteiger partial charge on any atom is -0.347 e. The van der Waals surface area contributed by atoms with Crippen LogP contribution in [0.4, 0.5) is 8.78 Å². The molecule has 2 aliphatic heterocycles. The van der Waals surface area contributed by atoms with Gasteiger partial charge in [0, 0.05) is 39.6 Å². The number of hydrogen-bond donors (Lipinski definition) is 1. The van der Waals surface area contributed by atoms with Crippen LogP contribution in [0.25, 0.3) is 0 Å². The van der Waals surface area contributed by atoms with E-state index in [2.05, 4.69) is 10.2 Å². The summed E-state index contributed by atoms with van der Waals surface area (Å²) in [6.07, 6.45) is 6.16. The molecule has 1 N–H and O–H groups in total. The van der Waals surface area contributed by atoms with Gasteiger partial charge in [-0.15, -0.1) is 0 Å². The highest BCUT2D eigenvalue weighted by molar-refractivity contribution is 6.42. The van der Waals surface area contributed by atoms with Crippen molar-refractivity contribution in [3.05, 3.63) is 69.2 Å². The standard InChI is InChI=1S/C31H40Cl2F2N4O2/c1-37(2)30(41)31(14-16-36-17-15-31)39-18-5-4-7-23(39)12-10-22(21-11-13-24(32)25(33)19-21)20-38(3)29(40)28-26(34)8-6-9-27(28)35/h6,8-9,11,13,19,22-23,36H,4-5,7,10,12,14-18,20H2,1-3H3. The SMILES string of the molecule is CN(C)C(=O)C1(N2CCCCC2CCC(CN(C)C(=O)c2c(F)cccc2F)c2ccc(Cl)c(Cl)c2)CCNCC1. The van der Waals surface area contributed by atoms with Gasteiger partial charge in [0.1, 0.15) is 22.7 Å². The number of halogens is 4. The molecule has 2 amide bonds. The number of carbonyl (C=O) groups excluding carboxylic acids is 2. The predicted octanol–water partition coefficient (Wildman–Crippen LogP) is 5.97. The number of rotatable bonds is 9. The van der Waals surface area contributed by atoms with Crippen LogP contribution in [0.15, 0.2) is 36.4 Å². The summed E-state index contributed by atoms with van der Waals surface area (Å²) in [5.41, 5.74) is -0.193. The van der Waals surface area contributed by atoms with Crippen LogP contribution < -0.4 is 5.32 Å². The van der Waals surface area contributed by atoms with Gasteiger partial charge in [0.25, 0.3) is 5.91 Å². The van der Waals surface area contributed by atoms with E-state index < -0.39 is 28.6 Å². The van der Waals surface area contributed by atoms with Crippen molar-refractivity contribution in [1.29, 1.82) is 0 Å². The largest absolute Gasteiger partial charge is 0.347 e. The molecule has 10 heteroatoms. The smallest absolute Gasteiger partial charge is 0.259 e. The van der Waals surface area contributed by atoms with Crippen LogP contribution in [0.2, 0.25) is 10.0 Å². The second-order valence-electron chi connectivity index (χ2n) is 11.6. The third-order valence-electron chi connectivity index (χ3n) is 8.69. The molecule has 6 nitrogen and oxygen atoms in total. The number of nitrogens with zero attached hydrogens (tertiary/aromatic N) is 3. The van der Waals surface area contributed by atoms with E-state index in [0.29, 0.717) is 16.5 Å². The Morgan fingerprint density at radius 1 is 1.05 bits per heavy atom. The van der Waals surface area contributed by atoms with Crippen LogP contribution in [0.5, 0.6) is 0 Å². The van der Waals surface area contributed by atoms with E-state index >= 15 is 0 Å². The quantitative estimate of drug-likeness (QED) is 0.381. The van der Waals surface area contributed by atoms with E-state index in [4.69, 9.17) is 23.2 Å². The van der Waals surface area contributed by atoms with Gasteiger partial charge < -0.3 is 15.1 Å². The predicted molar refractivity (Wildman–Crippen MR) is 160 cm³/mol. The maximum atomic E-state index is 14.4. The molecule has 2 atom stereocenters. The number of likely N-dealkylation sites (tertiary alicyclic amines) is 1. The van der Waals surface area contributed by atoms with Crippen LogP contribution in [-0.4, -0.2) is 85.4 Å². The summed E-state index contributed by atoms with van der Waals surface area (Å²) in [7, 11) is 5.22. The van der Waals surface area contributed by atoms with Crippen LogP contribution in [-0.2, 0) is 4.79 Å². The molecule has 4 rings (SSSR count). The first-order valence-electron chi connectivity index (χ1n) is 14.4. The first-order valence-corrected chi connectivity index (χ1v) is 15.1. The van der Waals surface area contributed by atoms with Crippen molar-refractivity contribution in [3.63, 3.8) is 0 Å². The number of likely N-dealkylation sites (N-methyl/N-ethyl adjacent to an activating group) is 2. The second kappa shape index (κ2) is 13.8.